The first kappa shape index (κ1) is 16.6. The predicted octanol–water partition coefficient (Wildman–Crippen LogP) is 3.62. The second-order valence-corrected chi connectivity index (χ2v) is 6.49. The summed E-state index contributed by atoms with van der Waals surface area (Å²) in [6, 6.07) is 11.8. The molecule has 0 aromatic heterocycles. The molecule has 4 nitrogen and oxygen atoms in total. The molecule has 1 amide bonds. The number of hydrogen-bond acceptors (Lipinski definition) is 4. The summed E-state index contributed by atoms with van der Waals surface area (Å²) in [7, 11) is 3.21. The Kier molecular flexibility index (Phi) is 4.94. The van der Waals surface area contributed by atoms with Crippen molar-refractivity contribution in [1.29, 1.82) is 0 Å². The van der Waals surface area contributed by atoms with E-state index in [1.165, 1.54) is 12.1 Å². The lowest BCUT2D eigenvalue weighted by atomic mass is 10.1. The van der Waals surface area contributed by atoms with Crippen molar-refractivity contribution in [2.24, 2.45) is 0 Å². The smallest absolute Gasteiger partial charge is 0.234 e. The molecule has 1 aliphatic heterocycles. The molecule has 3 rings (SSSR count). The van der Waals surface area contributed by atoms with Gasteiger partial charge in [0.15, 0.2) is 0 Å². The zero-order chi connectivity index (χ0) is 17.1. The zero-order valence-corrected chi connectivity index (χ0v) is 14.3. The van der Waals surface area contributed by atoms with Gasteiger partial charge in [-0.1, -0.05) is 12.1 Å². The quantitative estimate of drug-likeness (QED) is 0.828. The number of ether oxygens (including phenoxy) is 2. The summed E-state index contributed by atoms with van der Waals surface area (Å²) >= 11 is 1.55. The largest absolute Gasteiger partial charge is 0.497 e. The molecule has 0 aliphatic carbocycles. The van der Waals surface area contributed by atoms with Crippen LogP contribution in [0, 0.1) is 5.82 Å². The summed E-state index contributed by atoms with van der Waals surface area (Å²) in [6.45, 7) is 0.428. The third-order valence-electron chi connectivity index (χ3n) is 3.94. The van der Waals surface area contributed by atoms with E-state index in [1.54, 1.807) is 43.0 Å². The predicted molar refractivity (Wildman–Crippen MR) is 91.7 cm³/mol. The second-order valence-electron chi connectivity index (χ2n) is 5.42. The van der Waals surface area contributed by atoms with Crippen LogP contribution < -0.4 is 9.47 Å². The lowest BCUT2D eigenvalue weighted by molar-refractivity contribution is -0.128. The van der Waals surface area contributed by atoms with Crippen LogP contribution in [0.4, 0.5) is 4.39 Å². The monoisotopic (exact) mass is 347 g/mol. The number of rotatable bonds is 5. The molecular formula is C18H18FNO3S. The molecule has 6 heteroatoms. The Bertz CT molecular complexity index is 736. The molecule has 0 bridgehead atoms. The summed E-state index contributed by atoms with van der Waals surface area (Å²) in [4.78, 5) is 14.1. The van der Waals surface area contributed by atoms with E-state index in [0.717, 1.165) is 11.1 Å². The maximum Gasteiger partial charge on any atom is 0.234 e. The van der Waals surface area contributed by atoms with Gasteiger partial charge >= 0.3 is 0 Å². The van der Waals surface area contributed by atoms with E-state index in [9.17, 15) is 9.18 Å². The molecule has 1 unspecified atom stereocenters. The molecule has 0 spiro atoms. The highest BCUT2D eigenvalue weighted by Gasteiger charge is 2.34. The number of carbonyl (C=O) groups excluding carboxylic acids is 1. The summed E-state index contributed by atoms with van der Waals surface area (Å²) in [5.41, 5.74) is 1.79. The van der Waals surface area contributed by atoms with Crippen LogP contribution in [-0.2, 0) is 11.3 Å². The highest BCUT2D eigenvalue weighted by atomic mass is 32.2. The number of halogens is 1. The number of hydrogen-bond donors (Lipinski definition) is 0. The molecule has 2 aromatic rings. The fraction of sp³-hybridized carbons (Fsp3) is 0.278. The van der Waals surface area contributed by atoms with Crippen molar-refractivity contribution in [3.8, 4) is 11.5 Å². The van der Waals surface area contributed by atoms with Crippen molar-refractivity contribution in [3.05, 3.63) is 59.4 Å². The molecule has 126 valence electrons. The first-order chi connectivity index (χ1) is 11.6. The summed E-state index contributed by atoms with van der Waals surface area (Å²) in [5.74, 6) is 1.61. The van der Waals surface area contributed by atoms with E-state index >= 15 is 0 Å². The lowest BCUT2D eigenvalue weighted by Gasteiger charge is -2.26. The molecule has 1 aliphatic rings. The summed E-state index contributed by atoms with van der Waals surface area (Å²) in [6.07, 6.45) is 0. The Morgan fingerprint density at radius 1 is 1.17 bits per heavy atom. The van der Waals surface area contributed by atoms with Crippen molar-refractivity contribution >= 4 is 17.7 Å². The Labute approximate surface area is 144 Å². The second kappa shape index (κ2) is 7.13. The number of nitrogens with zero attached hydrogens (tertiary/aromatic N) is 1. The van der Waals surface area contributed by atoms with Gasteiger partial charge in [0.25, 0.3) is 0 Å². The van der Waals surface area contributed by atoms with Crippen LogP contribution in [0.3, 0.4) is 0 Å². The molecule has 0 saturated carbocycles. The van der Waals surface area contributed by atoms with Gasteiger partial charge in [-0.05, 0) is 35.9 Å². The maximum absolute atomic E-state index is 13.1. The third-order valence-corrected chi connectivity index (χ3v) is 5.17. The Balaban J connectivity index is 1.91. The first-order valence-corrected chi connectivity index (χ1v) is 8.54. The van der Waals surface area contributed by atoms with Gasteiger partial charge < -0.3 is 14.4 Å². The van der Waals surface area contributed by atoms with Crippen LogP contribution in [0.15, 0.2) is 42.5 Å². The van der Waals surface area contributed by atoms with E-state index in [0.29, 0.717) is 23.8 Å². The minimum Gasteiger partial charge on any atom is -0.497 e. The van der Waals surface area contributed by atoms with Crippen LogP contribution in [0.5, 0.6) is 11.5 Å². The fourth-order valence-electron chi connectivity index (χ4n) is 2.70. The average molecular weight is 347 g/mol. The van der Waals surface area contributed by atoms with E-state index in [1.807, 2.05) is 18.2 Å². The lowest BCUT2D eigenvalue weighted by Crippen LogP contribution is -2.27. The molecule has 0 radical (unpaired) electrons. The van der Waals surface area contributed by atoms with E-state index in [4.69, 9.17) is 9.47 Å². The Hall–Kier alpha value is -2.21. The van der Waals surface area contributed by atoms with Crippen LogP contribution in [0.25, 0.3) is 0 Å². The first-order valence-electron chi connectivity index (χ1n) is 7.50. The van der Waals surface area contributed by atoms with Crippen molar-refractivity contribution < 1.29 is 18.7 Å². The standard InChI is InChI=1S/C18H18FNO3S/c1-22-14-7-8-16(23-2)15(9-14)18-20(17(21)11-24-18)10-12-3-5-13(19)6-4-12/h3-9,18H,10-11H2,1-2H3. The fourth-order valence-corrected chi connectivity index (χ4v) is 3.90. The minimum absolute atomic E-state index is 0.0548. The molecule has 1 heterocycles. The van der Waals surface area contributed by atoms with Crippen LogP contribution in [0.2, 0.25) is 0 Å². The number of carbonyl (C=O) groups is 1. The van der Waals surface area contributed by atoms with Gasteiger partial charge in [-0.15, -0.1) is 11.8 Å². The third kappa shape index (κ3) is 3.33. The maximum atomic E-state index is 13.1. The zero-order valence-electron chi connectivity index (χ0n) is 13.5. The van der Waals surface area contributed by atoms with Crippen LogP contribution in [-0.4, -0.2) is 30.8 Å². The topological polar surface area (TPSA) is 38.8 Å². The number of thioether (sulfide) groups is 1. The van der Waals surface area contributed by atoms with Gasteiger partial charge in [0.05, 0.1) is 20.0 Å². The molecular weight excluding hydrogens is 329 g/mol. The summed E-state index contributed by atoms with van der Waals surface area (Å²) < 4.78 is 23.8. The molecule has 1 saturated heterocycles. The summed E-state index contributed by atoms with van der Waals surface area (Å²) in [5, 5.41) is -0.160. The molecule has 1 atom stereocenters. The molecule has 1 fully saturated rings. The van der Waals surface area contributed by atoms with Gasteiger partial charge in [0.1, 0.15) is 22.7 Å². The Morgan fingerprint density at radius 2 is 1.92 bits per heavy atom. The van der Waals surface area contributed by atoms with Crippen LogP contribution in [0.1, 0.15) is 16.5 Å². The Morgan fingerprint density at radius 3 is 2.58 bits per heavy atom. The molecule has 24 heavy (non-hydrogen) atoms. The highest BCUT2D eigenvalue weighted by Crippen LogP contribution is 2.44. The number of methoxy groups -OCH3 is 2. The van der Waals surface area contributed by atoms with Gasteiger partial charge in [-0.3, -0.25) is 4.79 Å². The van der Waals surface area contributed by atoms with Crippen molar-refractivity contribution in [3.63, 3.8) is 0 Å². The van der Waals surface area contributed by atoms with E-state index in [2.05, 4.69) is 0 Å². The van der Waals surface area contributed by atoms with Crippen LogP contribution >= 0.6 is 11.8 Å². The van der Waals surface area contributed by atoms with Crippen molar-refractivity contribution in [2.75, 3.05) is 20.0 Å². The van der Waals surface area contributed by atoms with Crippen molar-refractivity contribution in [1.82, 2.24) is 4.90 Å². The van der Waals surface area contributed by atoms with E-state index in [-0.39, 0.29) is 17.1 Å². The number of amides is 1. The SMILES string of the molecule is COc1ccc(OC)c(C2SCC(=O)N2Cc2ccc(F)cc2)c1. The molecule has 0 N–H and O–H groups in total. The highest BCUT2D eigenvalue weighted by molar-refractivity contribution is 8.00. The minimum atomic E-state index is -0.285. The van der Waals surface area contributed by atoms with Gasteiger partial charge in [-0.2, -0.15) is 0 Å². The average Bonchev–Trinajstić information content (AvgIpc) is 2.97. The van der Waals surface area contributed by atoms with Gasteiger partial charge in [0, 0.05) is 12.1 Å². The van der Waals surface area contributed by atoms with E-state index < -0.39 is 0 Å². The van der Waals surface area contributed by atoms with Crippen molar-refractivity contribution in [2.45, 2.75) is 11.9 Å². The van der Waals surface area contributed by atoms with Gasteiger partial charge in [-0.25, -0.2) is 4.39 Å². The molecule has 2 aromatic carbocycles. The number of benzene rings is 2. The normalized spacial score (nSPS) is 17.2. The van der Waals surface area contributed by atoms with Gasteiger partial charge in [0.2, 0.25) is 5.91 Å².